The fourth-order valence-electron chi connectivity index (χ4n) is 2.66. The maximum absolute atomic E-state index is 11.8. The van der Waals surface area contributed by atoms with Gasteiger partial charge in [0.25, 0.3) is 0 Å². The third-order valence-corrected chi connectivity index (χ3v) is 3.97. The predicted octanol–water partition coefficient (Wildman–Crippen LogP) is 1.12. The number of furan rings is 1. The summed E-state index contributed by atoms with van der Waals surface area (Å²) >= 11 is 0. The number of hydrogen-bond donors (Lipinski definition) is 2. The van der Waals surface area contributed by atoms with Crippen molar-refractivity contribution in [3.8, 4) is 0 Å². The molecule has 0 saturated carbocycles. The second kappa shape index (κ2) is 6.84. The van der Waals surface area contributed by atoms with Gasteiger partial charge in [0.1, 0.15) is 24.0 Å². The molecule has 1 fully saturated rings. The highest BCUT2D eigenvalue weighted by atomic mass is 16.4. The Hall–Kier alpha value is -2.67. The molecule has 0 unspecified atom stereocenters. The van der Waals surface area contributed by atoms with Crippen LogP contribution >= 0.6 is 0 Å². The van der Waals surface area contributed by atoms with E-state index in [2.05, 4.69) is 5.32 Å². The van der Waals surface area contributed by atoms with E-state index in [1.165, 1.54) is 0 Å². The number of nitrogens with zero attached hydrogens (tertiary/aromatic N) is 1. The van der Waals surface area contributed by atoms with Crippen molar-refractivity contribution in [2.45, 2.75) is 25.4 Å². The predicted molar refractivity (Wildman–Crippen MR) is 84.8 cm³/mol. The summed E-state index contributed by atoms with van der Waals surface area (Å²) < 4.78 is 5.56. The van der Waals surface area contributed by atoms with Crippen LogP contribution in [0.25, 0.3) is 11.0 Å². The number of likely N-dealkylation sites (tertiary alicyclic amines) is 1. The van der Waals surface area contributed by atoms with Crippen LogP contribution in [-0.2, 0) is 14.4 Å². The molecule has 3 rings (SSSR count). The van der Waals surface area contributed by atoms with Gasteiger partial charge in [0.05, 0.1) is 0 Å². The van der Waals surface area contributed by atoms with Crippen molar-refractivity contribution in [3.05, 3.63) is 36.1 Å². The van der Waals surface area contributed by atoms with Gasteiger partial charge in [0.15, 0.2) is 0 Å². The first-order valence-corrected chi connectivity index (χ1v) is 7.81. The van der Waals surface area contributed by atoms with Gasteiger partial charge in [-0.2, -0.15) is 0 Å². The molecule has 0 spiro atoms. The molecule has 0 bridgehead atoms. The number of rotatable bonds is 6. The minimum absolute atomic E-state index is 0.164. The number of carbonyl (C=O) groups is 3. The molecular formula is C17H18N2O5. The van der Waals surface area contributed by atoms with Crippen LogP contribution in [0.5, 0.6) is 0 Å². The maximum atomic E-state index is 11.8. The average Bonchev–Trinajstić information content (AvgIpc) is 3.13. The first-order valence-electron chi connectivity index (χ1n) is 7.81. The zero-order valence-electron chi connectivity index (χ0n) is 13.0. The molecule has 2 aromatic rings. The Bertz CT molecular complexity index is 733. The largest absolute Gasteiger partial charge is 0.458 e. The molecule has 24 heavy (non-hydrogen) atoms. The number of amides is 3. The summed E-state index contributed by atoms with van der Waals surface area (Å²) in [5.74, 6) is -0.624. The van der Waals surface area contributed by atoms with Crippen molar-refractivity contribution in [1.82, 2.24) is 10.2 Å². The summed E-state index contributed by atoms with van der Waals surface area (Å²) in [6.45, 7) is -0.0499. The minimum atomic E-state index is -0.840. The minimum Gasteiger partial charge on any atom is -0.458 e. The first kappa shape index (κ1) is 16.2. The number of para-hydroxylation sites is 1. The molecule has 1 aliphatic rings. The Kier molecular flexibility index (Phi) is 4.61. The van der Waals surface area contributed by atoms with E-state index in [0.29, 0.717) is 11.3 Å². The van der Waals surface area contributed by atoms with E-state index < -0.39 is 12.0 Å². The van der Waals surface area contributed by atoms with Crippen molar-refractivity contribution in [2.75, 3.05) is 13.1 Å². The number of carbonyl (C=O) groups excluding carboxylic acids is 3. The molecular weight excluding hydrogens is 312 g/mol. The molecule has 1 saturated heterocycles. The standard InChI is InChI=1S/C17H18N2O5/c20-12(14-9-11-3-1-2-4-13(11)24-14)7-8-18-15(21)10-19-16(22)5-6-17(19)23/h1-4,9,12,20H,5-8,10H2,(H,18,21)/t12-/m0/s1. The van der Waals surface area contributed by atoms with E-state index in [4.69, 9.17) is 4.42 Å². The number of imide groups is 1. The van der Waals surface area contributed by atoms with E-state index in [1.807, 2.05) is 24.3 Å². The summed E-state index contributed by atoms with van der Waals surface area (Å²) in [6.07, 6.45) is -0.242. The third-order valence-electron chi connectivity index (χ3n) is 3.97. The van der Waals surface area contributed by atoms with Crippen LogP contribution in [-0.4, -0.2) is 40.8 Å². The highest BCUT2D eigenvalue weighted by Crippen LogP contribution is 2.25. The van der Waals surface area contributed by atoms with Gasteiger partial charge in [-0.25, -0.2) is 0 Å². The SMILES string of the molecule is O=C(CN1C(=O)CCC1=O)NCC[C@H](O)c1cc2ccccc2o1. The fraction of sp³-hybridized carbons (Fsp3) is 0.353. The molecule has 1 aromatic heterocycles. The normalized spacial score (nSPS) is 16.0. The fourth-order valence-corrected chi connectivity index (χ4v) is 2.66. The maximum Gasteiger partial charge on any atom is 0.240 e. The lowest BCUT2D eigenvalue weighted by Gasteiger charge is -2.14. The summed E-state index contributed by atoms with van der Waals surface area (Å²) in [7, 11) is 0. The van der Waals surface area contributed by atoms with E-state index >= 15 is 0 Å². The van der Waals surface area contributed by atoms with Gasteiger partial charge in [-0.3, -0.25) is 19.3 Å². The van der Waals surface area contributed by atoms with Crippen LogP contribution in [0.3, 0.4) is 0 Å². The summed E-state index contributed by atoms with van der Waals surface area (Å²) in [4.78, 5) is 35.6. The quantitative estimate of drug-likeness (QED) is 0.773. The molecule has 1 aromatic carbocycles. The lowest BCUT2D eigenvalue weighted by Crippen LogP contribution is -2.40. The summed E-state index contributed by atoms with van der Waals surface area (Å²) in [5.41, 5.74) is 0.696. The highest BCUT2D eigenvalue weighted by molar-refractivity contribution is 6.04. The number of aliphatic hydroxyl groups is 1. The van der Waals surface area contributed by atoms with Gasteiger partial charge in [-0.15, -0.1) is 0 Å². The van der Waals surface area contributed by atoms with Crippen molar-refractivity contribution in [3.63, 3.8) is 0 Å². The Morgan fingerprint density at radius 1 is 1.25 bits per heavy atom. The van der Waals surface area contributed by atoms with Gasteiger partial charge < -0.3 is 14.8 Å². The molecule has 0 radical (unpaired) electrons. The zero-order valence-corrected chi connectivity index (χ0v) is 13.0. The highest BCUT2D eigenvalue weighted by Gasteiger charge is 2.30. The van der Waals surface area contributed by atoms with Gasteiger partial charge in [-0.1, -0.05) is 18.2 Å². The molecule has 1 aliphatic heterocycles. The number of nitrogens with one attached hydrogen (secondary N) is 1. The monoisotopic (exact) mass is 330 g/mol. The molecule has 1 atom stereocenters. The Morgan fingerprint density at radius 2 is 1.96 bits per heavy atom. The summed E-state index contributed by atoms with van der Waals surface area (Å²) in [5, 5.41) is 13.6. The lowest BCUT2D eigenvalue weighted by atomic mass is 10.2. The number of fused-ring (bicyclic) bond motifs is 1. The molecule has 7 heteroatoms. The summed E-state index contributed by atoms with van der Waals surface area (Å²) in [6, 6.07) is 9.21. The van der Waals surface area contributed by atoms with E-state index in [1.54, 1.807) is 6.07 Å². The molecule has 7 nitrogen and oxygen atoms in total. The van der Waals surface area contributed by atoms with Crippen molar-refractivity contribution in [2.24, 2.45) is 0 Å². The van der Waals surface area contributed by atoms with E-state index in [9.17, 15) is 19.5 Å². The van der Waals surface area contributed by atoms with Gasteiger partial charge in [0.2, 0.25) is 17.7 Å². The van der Waals surface area contributed by atoms with Crippen LogP contribution in [0.15, 0.2) is 34.7 Å². The lowest BCUT2D eigenvalue weighted by molar-refractivity contribution is -0.142. The van der Waals surface area contributed by atoms with Gasteiger partial charge >= 0.3 is 0 Å². The Labute approximate surface area is 138 Å². The first-order chi connectivity index (χ1) is 11.5. The topological polar surface area (TPSA) is 99.9 Å². The van der Waals surface area contributed by atoms with Crippen molar-refractivity contribution < 1.29 is 23.9 Å². The molecule has 2 N–H and O–H groups in total. The average molecular weight is 330 g/mol. The Balaban J connectivity index is 1.48. The van der Waals surface area contributed by atoms with Gasteiger partial charge in [0, 0.05) is 24.8 Å². The Morgan fingerprint density at radius 3 is 2.67 bits per heavy atom. The van der Waals surface area contributed by atoms with Crippen LogP contribution < -0.4 is 5.32 Å². The second-order valence-electron chi connectivity index (χ2n) is 5.71. The number of hydrogen-bond acceptors (Lipinski definition) is 5. The number of aliphatic hydroxyl groups excluding tert-OH is 1. The molecule has 3 amide bonds. The van der Waals surface area contributed by atoms with Crippen molar-refractivity contribution >= 4 is 28.7 Å². The molecule has 2 heterocycles. The zero-order chi connectivity index (χ0) is 17.1. The van der Waals surface area contributed by atoms with Crippen LogP contribution in [0.1, 0.15) is 31.1 Å². The van der Waals surface area contributed by atoms with E-state index in [0.717, 1.165) is 10.3 Å². The van der Waals surface area contributed by atoms with Crippen molar-refractivity contribution in [1.29, 1.82) is 0 Å². The van der Waals surface area contributed by atoms with Crippen LogP contribution in [0.4, 0.5) is 0 Å². The van der Waals surface area contributed by atoms with E-state index in [-0.39, 0.29) is 44.2 Å². The molecule has 0 aliphatic carbocycles. The van der Waals surface area contributed by atoms with Crippen LogP contribution in [0.2, 0.25) is 0 Å². The van der Waals surface area contributed by atoms with Crippen LogP contribution in [0, 0.1) is 0 Å². The smallest absolute Gasteiger partial charge is 0.240 e. The number of benzene rings is 1. The third kappa shape index (κ3) is 3.46. The molecule has 126 valence electrons. The van der Waals surface area contributed by atoms with Gasteiger partial charge in [-0.05, 0) is 18.6 Å². The second-order valence-corrected chi connectivity index (χ2v) is 5.71.